The predicted octanol–water partition coefficient (Wildman–Crippen LogP) is -0.605. The van der Waals surface area contributed by atoms with Crippen LogP contribution in [0.5, 0.6) is 0 Å². The third-order valence-corrected chi connectivity index (χ3v) is 3.58. The molecule has 9 heteroatoms. The van der Waals surface area contributed by atoms with E-state index < -0.39 is 17.8 Å². The molecule has 0 bridgehead atoms. The van der Waals surface area contributed by atoms with Gasteiger partial charge in [-0.1, -0.05) is 6.92 Å². The molecule has 0 aliphatic carbocycles. The number of hydroxylamine groups is 2. The first-order valence-corrected chi connectivity index (χ1v) is 7.38. The molecule has 4 amide bonds. The Morgan fingerprint density at radius 2 is 1.74 bits per heavy atom. The van der Waals surface area contributed by atoms with Crippen molar-refractivity contribution in [3.8, 4) is 0 Å². The van der Waals surface area contributed by atoms with E-state index in [9.17, 15) is 24.0 Å². The highest BCUT2D eigenvalue weighted by atomic mass is 16.7. The second-order valence-corrected chi connectivity index (χ2v) is 5.40. The Balaban J connectivity index is 1.61. The predicted molar refractivity (Wildman–Crippen MR) is 73.1 cm³/mol. The van der Waals surface area contributed by atoms with Gasteiger partial charge in [0.2, 0.25) is 11.8 Å². The van der Waals surface area contributed by atoms with E-state index in [4.69, 9.17) is 4.74 Å². The van der Waals surface area contributed by atoms with Crippen molar-refractivity contribution in [1.29, 1.82) is 0 Å². The minimum Gasteiger partial charge on any atom is -0.379 e. The molecule has 0 saturated carbocycles. The average molecular weight is 326 g/mol. The zero-order valence-corrected chi connectivity index (χ0v) is 12.8. The summed E-state index contributed by atoms with van der Waals surface area (Å²) in [6, 6.07) is 0. The zero-order chi connectivity index (χ0) is 17.0. The summed E-state index contributed by atoms with van der Waals surface area (Å²) in [7, 11) is 0. The number of imide groups is 2. The number of nitrogens with zero attached hydrogens (tertiary/aromatic N) is 2. The molecule has 2 aliphatic rings. The molecule has 2 saturated heterocycles. The number of carbonyl (C=O) groups is 5. The molecule has 9 nitrogen and oxygen atoms in total. The molecule has 126 valence electrons. The summed E-state index contributed by atoms with van der Waals surface area (Å²) >= 11 is 0. The van der Waals surface area contributed by atoms with Gasteiger partial charge in [0.05, 0.1) is 26.2 Å². The number of carbonyl (C=O) groups excluding carboxylic acids is 5. The molecular weight excluding hydrogens is 308 g/mol. The van der Waals surface area contributed by atoms with E-state index in [-0.39, 0.29) is 63.2 Å². The monoisotopic (exact) mass is 326 g/mol. The van der Waals surface area contributed by atoms with E-state index in [0.29, 0.717) is 5.06 Å². The number of hydrogen-bond acceptors (Lipinski definition) is 7. The van der Waals surface area contributed by atoms with Crippen LogP contribution in [0.4, 0.5) is 0 Å². The van der Waals surface area contributed by atoms with E-state index in [2.05, 4.69) is 4.84 Å². The van der Waals surface area contributed by atoms with Crippen molar-refractivity contribution in [3.05, 3.63) is 0 Å². The van der Waals surface area contributed by atoms with Gasteiger partial charge in [-0.2, -0.15) is 0 Å². The van der Waals surface area contributed by atoms with Crippen molar-refractivity contribution < 1.29 is 33.5 Å². The standard InChI is InChI=1S/C14H18N2O7/c1-9-8-12(19)15(14(9)21)5-7-22-6-4-13(20)23-16-10(17)2-3-11(16)18/h9H,2-8H2,1H3. The highest BCUT2D eigenvalue weighted by molar-refractivity contribution is 6.03. The fourth-order valence-corrected chi connectivity index (χ4v) is 2.30. The van der Waals surface area contributed by atoms with Crippen LogP contribution >= 0.6 is 0 Å². The molecule has 2 fully saturated rings. The Labute approximate surface area is 132 Å². The van der Waals surface area contributed by atoms with E-state index in [1.165, 1.54) is 0 Å². The fourth-order valence-electron chi connectivity index (χ4n) is 2.30. The summed E-state index contributed by atoms with van der Waals surface area (Å²) in [5.74, 6) is -2.57. The highest BCUT2D eigenvalue weighted by Crippen LogP contribution is 2.18. The van der Waals surface area contributed by atoms with Gasteiger partial charge in [-0.3, -0.25) is 24.1 Å². The Morgan fingerprint density at radius 3 is 2.30 bits per heavy atom. The van der Waals surface area contributed by atoms with Gasteiger partial charge in [-0.15, -0.1) is 5.06 Å². The molecular formula is C14H18N2O7. The van der Waals surface area contributed by atoms with Crippen LogP contribution < -0.4 is 0 Å². The topological polar surface area (TPSA) is 110 Å². The number of amides is 4. The summed E-state index contributed by atoms with van der Waals surface area (Å²) in [6.45, 7) is 1.94. The maximum Gasteiger partial charge on any atom is 0.335 e. The molecule has 0 radical (unpaired) electrons. The molecule has 2 aliphatic heterocycles. The van der Waals surface area contributed by atoms with Crippen molar-refractivity contribution in [2.45, 2.75) is 32.6 Å². The van der Waals surface area contributed by atoms with E-state index in [1.807, 2.05) is 0 Å². The lowest BCUT2D eigenvalue weighted by Gasteiger charge is -2.15. The number of rotatable bonds is 7. The van der Waals surface area contributed by atoms with Crippen LogP contribution in [0.25, 0.3) is 0 Å². The number of likely N-dealkylation sites (tertiary alicyclic amines) is 1. The summed E-state index contributed by atoms with van der Waals surface area (Å²) < 4.78 is 5.18. The number of hydrogen-bond donors (Lipinski definition) is 0. The first-order valence-electron chi connectivity index (χ1n) is 7.38. The van der Waals surface area contributed by atoms with Gasteiger partial charge < -0.3 is 9.57 Å². The SMILES string of the molecule is CC1CC(=O)N(CCOCCC(=O)ON2C(=O)CCC2=O)C1=O. The zero-order valence-electron chi connectivity index (χ0n) is 12.8. The first-order chi connectivity index (χ1) is 10.9. The summed E-state index contributed by atoms with van der Waals surface area (Å²) in [5.41, 5.74) is 0. The van der Waals surface area contributed by atoms with Crippen LogP contribution in [0.3, 0.4) is 0 Å². The van der Waals surface area contributed by atoms with Crippen molar-refractivity contribution in [2.75, 3.05) is 19.8 Å². The molecule has 0 N–H and O–H groups in total. The lowest BCUT2D eigenvalue weighted by atomic mass is 10.1. The molecule has 2 heterocycles. The third kappa shape index (κ3) is 4.13. The Morgan fingerprint density at radius 1 is 1.09 bits per heavy atom. The molecule has 0 aromatic carbocycles. The molecule has 1 atom stereocenters. The highest BCUT2D eigenvalue weighted by Gasteiger charge is 2.35. The number of ether oxygens (including phenoxy) is 1. The van der Waals surface area contributed by atoms with E-state index in [0.717, 1.165) is 4.90 Å². The van der Waals surface area contributed by atoms with Gasteiger partial charge >= 0.3 is 5.97 Å². The molecule has 0 aromatic rings. The molecule has 1 unspecified atom stereocenters. The summed E-state index contributed by atoms with van der Waals surface area (Å²) in [6.07, 6.45) is 0.149. The van der Waals surface area contributed by atoms with E-state index >= 15 is 0 Å². The second kappa shape index (κ2) is 7.32. The smallest absolute Gasteiger partial charge is 0.335 e. The minimum absolute atomic E-state index is 0.000822. The fraction of sp³-hybridized carbons (Fsp3) is 0.643. The minimum atomic E-state index is -0.754. The Kier molecular flexibility index (Phi) is 5.43. The van der Waals surface area contributed by atoms with Crippen LogP contribution in [-0.4, -0.2) is 59.3 Å². The van der Waals surface area contributed by atoms with Gasteiger partial charge in [0.1, 0.15) is 0 Å². The van der Waals surface area contributed by atoms with Crippen LogP contribution in [-0.2, 0) is 33.5 Å². The molecule has 23 heavy (non-hydrogen) atoms. The van der Waals surface area contributed by atoms with E-state index in [1.54, 1.807) is 6.92 Å². The Bertz CT molecular complexity index is 529. The lowest BCUT2D eigenvalue weighted by molar-refractivity contribution is -0.198. The van der Waals surface area contributed by atoms with Crippen LogP contribution in [0.2, 0.25) is 0 Å². The van der Waals surface area contributed by atoms with Crippen molar-refractivity contribution in [3.63, 3.8) is 0 Å². The lowest BCUT2D eigenvalue weighted by Crippen LogP contribution is -2.34. The Hall–Kier alpha value is -2.29. The van der Waals surface area contributed by atoms with Crippen molar-refractivity contribution in [2.24, 2.45) is 5.92 Å². The van der Waals surface area contributed by atoms with Gasteiger partial charge in [0.15, 0.2) is 0 Å². The maximum atomic E-state index is 11.6. The van der Waals surface area contributed by atoms with Gasteiger partial charge in [-0.25, -0.2) is 4.79 Å². The normalized spacial score (nSPS) is 21.5. The molecule has 2 rings (SSSR count). The first kappa shape index (κ1) is 17.1. The van der Waals surface area contributed by atoms with Gasteiger partial charge in [0, 0.05) is 25.2 Å². The van der Waals surface area contributed by atoms with Gasteiger partial charge in [-0.05, 0) is 0 Å². The van der Waals surface area contributed by atoms with Crippen molar-refractivity contribution >= 4 is 29.6 Å². The molecule has 0 spiro atoms. The third-order valence-electron chi connectivity index (χ3n) is 3.58. The molecule has 0 aromatic heterocycles. The quantitative estimate of drug-likeness (QED) is 0.453. The van der Waals surface area contributed by atoms with Crippen LogP contribution in [0.1, 0.15) is 32.6 Å². The van der Waals surface area contributed by atoms with Crippen LogP contribution in [0, 0.1) is 5.92 Å². The van der Waals surface area contributed by atoms with Gasteiger partial charge in [0.25, 0.3) is 11.8 Å². The van der Waals surface area contributed by atoms with Crippen LogP contribution in [0.15, 0.2) is 0 Å². The maximum absolute atomic E-state index is 11.6. The van der Waals surface area contributed by atoms with Crippen molar-refractivity contribution in [1.82, 2.24) is 9.96 Å². The largest absolute Gasteiger partial charge is 0.379 e. The average Bonchev–Trinajstić information content (AvgIpc) is 2.93. The summed E-state index contributed by atoms with van der Waals surface area (Å²) in [5, 5.41) is 0.477. The second-order valence-electron chi connectivity index (χ2n) is 5.40. The summed E-state index contributed by atoms with van der Waals surface area (Å²) in [4.78, 5) is 63.0.